The highest BCUT2D eigenvalue weighted by Crippen LogP contribution is 2.37. The summed E-state index contributed by atoms with van der Waals surface area (Å²) in [6, 6.07) is 9.18. The molecule has 11 nitrogen and oxygen atoms in total. The zero-order valence-corrected chi connectivity index (χ0v) is 33.1. The number of anilines is 2. The summed E-state index contributed by atoms with van der Waals surface area (Å²) in [5.41, 5.74) is 7.11. The molecule has 0 unspecified atom stereocenters. The third-order valence-corrected chi connectivity index (χ3v) is 18.2. The van der Waals surface area contributed by atoms with Crippen LogP contribution in [0.15, 0.2) is 36.4 Å². The molecule has 2 aromatic carbocycles. The molecule has 43 heavy (non-hydrogen) atoms. The second-order valence-corrected chi connectivity index (χ2v) is 24.6. The van der Waals surface area contributed by atoms with Crippen LogP contribution in [0.3, 0.4) is 0 Å². The third kappa shape index (κ3) is 14.8. The number of nitrogens with one attached hydrogen (secondary N) is 1. The fourth-order valence-corrected chi connectivity index (χ4v) is 5.71. The molecule has 0 spiro atoms. The molecule has 0 radical (unpaired) electrons. The number of nitrogens with two attached hydrogens (primary N) is 1. The van der Waals surface area contributed by atoms with Crippen molar-refractivity contribution in [2.75, 3.05) is 30.8 Å². The van der Waals surface area contributed by atoms with Crippen LogP contribution in [-0.2, 0) is 13.6 Å². The van der Waals surface area contributed by atoms with Crippen LogP contribution in [0.2, 0.25) is 36.3 Å². The van der Waals surface area contributed by atoms with Gasteiger partial charge in [0.25, 0.3) is 11.4 Å². The molecule has 0 fully saturated rings. The molecule has 0 aromatic heterocycles. The number of carbonyl (C=O) groups is 1. The van der Waals surface area contributed by atoms with E-state index in [1.807, 2.05) is 22.6 Å². The van der Waals surface area contributed by atoms with Crippen LogP contribution < -0.4 is 11.1 Å². The van der Waals surface area contributed by atoms with E-state index < -0.39 is 21.6 Å². The first-order valence-corrected chi connectivity index (χ1v) is 21.5. The lowest BCUT2D eigenvalue weighted by Gasteiger charge is -2.36. The number of non-ortho nitro benzene ring substituents is 2. The molecule has 2 rings (SSSR count). The molecule has 15 heteroatoms. The Bertz CT molecular complexity index is 1230. The molecule has 0 bridgehead atoms. The highest BCUT2D eigenvalue weighted by atomic mass is 127. The van der Waals surface area contributed by atoms with Crippen molar-refractivity contribution in [2.45, 2.75) is 77.8 Å². The van der Waals surface area contributed by atoms with Gasteiger partial charge in [0, 0.05) is 49.3 Å². The number of hydrogen-bond acceptors (Lipinski definition) is 9. The summed E-state index contributed by atoms with van der Waals surface area (Å²) in [4.78, 5) is 30.2. The molecule has 0 amide bonds. The van der Waals surface area contributed by atoms with Gasteiger partial charge in [0.2, 0.25) is 0 Å². The maximum atomic E-state index is 10.7. The summed E-state index contributed by atoms with van der Waals surface area (Å²) in [6.45, 7) is 23.4. The lowest BCUT2D eigenvalue weighted by molar-refractivity contribution is -0.385. The minimum Gasteiger partial charge on any atom is -0.415 e. The number of aldehydes is 1. The van der Waals surface area contributed by atoms with Crippen molar-refractivity contribution < 1.29 is 23.5 Å². The summed E-state index contributed by atoms with van der Waals surface area (Å²) in [7, 11) is -3.37. The zero-order chi connectivity index (χ0) is 33.8. The molecular weight excluding hydrogens is 814 g/mol. The maximum absolute atomic E-state index is 10.7. The van der Waals surface area contributed by atoms with Gasteiger partial charge in [0.15, 0.2) is 16.6 Å². The van der Waals surface area contributed by atoms with Crippen molar-refractivity contribution >= 4 is 90.9 Å². The fraction of sp³-hybridized carbons (Fsp3) is 0.536. The predicted molar refractivity (Wildman–Crippen MR) is 197 cm³/mol. The minimum absolute atomic E-state index is 0.0728. The Hall–Kier alpha value is -1.68. The Labute approximate surface area is 284 Å². The Morgan fingerprint density at radius 2 is 1.28 bits per heavy atom. The minimum atomic E-state index is -1.71. The molecule has 0 atom stereocenters. The number of benzene rings is 2. The van der Waals surface area contributed by atoms with E-state index in [1.54, 1.807) is 12.1 Å². The number of nitrogens with zero attached hydrogens (tertiary/aromatic N) is 2. The summed E-state index contributed by atoms with van der Waals surface area (Å²) in [5.74, 6) is 0. The monoisotopic (exact) mass is 860 g/mol. The number of nitro benzene ring substituents is 2. The van der Waals surface area contributed by atoms with Crippen molar-refractivity contribution in [1.29, 1.82) is 0 Å². The first kappa shape index (κ1) is 41.3. The van der Waals surface area contributed by atoms with E-state index in [9.17, 15) is 25.0 Å². The van der Waals surface area contributed by atoms with Gasteiger partial charge in [-0.2, -0.15) is 0 Å². The van der Waals surface area contributed by atoms with Gasteiger partial charge in [-0.3, -0.25) is 20.2 Å². The van der Waals surface area contributed by atoms with Gasteiger partial charge in [-0.1, -0.05) is 41.5 Å². The smallest absolute Gasteiger partial charge is 0.270 e. The van der Waals surface area contributed by atoms with E-state index in [2.05, 4.69) is 95.6 Å². The predicted octanol–water partition coefficient (Wildman–Crippen LogP) is 8.62. The van der Waals surface area contributed by atoms with Crippen molar-refractivity contribution in [3.8, 4) is 0 Å². The highest BCUT2D eigenvalue weighted by Gasteiger charge is 2.37. The Morgan fingerprint density at radius 3 is 1.67 bits per heavy atom. The molecule has 2 aromatic rings. The van der Waals surface area contributed by atoms with Gasteiger partial charge in [-0.15, -0.1) is 0 Å². The summed E-state index contributed by atoms with van der Waals surface area (Å²) >= 11 is 4.05. The van der Waals surface area contributed by atoms with Gasteiger partial charge in [-0.25, -0.2) is 0 Å². The maximum Gasteiger partial charge on any atom is 0.270 e. The molecule has 0 aliphatic rings. The lowest BCUT2D eigenvalue weighted by Crippen LogP contribution is -2.41. The van der Waals surface area contributed by atoms with Crippen molar-refractivity contribution in [1.82, 2.24) is 0 Å². The van der Waals surface area contributed by atoms with Crippen molar-refractivity contribution in [2.24, 2.45) is 0 Å². The number of hydrogen-bond donors (Lipinski definition) is 2. The van der Waals surface area contributed by atoms with Crippen LogP contribution in [0.4, 0.5) is 22.7 Å². The SMILES string of the molecule is CC(C)(C)[Si](C)(C)OCC=O.CC(C)(C)[Si](C)(C)OCCNc1ccc([N+](=O)[O-])cc1I.Nc1ccc([N+](=O)[O-])cc1I. The average Bonchev–Trinajstić information content (AvgIpc) is 2.87. The molecule has 0 saturated heterocycles. The van der Waals surface area contributed by atoms with Crippen LogP contribution in [0.5, 0.6) is 0 Å². The molecule has 0 aliphatic heterocycles. The number of carbonyl (C=O) groups excluding carboxylic acids is 1. The molecule has 0 heterocycles. The molecule has 0 aliphatic carbocycles. The first-order chi connectivity index (χ1) is 19.5. The van der Waals surface area contributed by atoms with E-state index in [-0.39, 0.29) is 33.0 Å². The van der Waals surface area contributed by atoms with E-state index >= 15 is 0 Å². The molecule has 0 saturated carbocycles. The van der Waals surface area contributed by atoms with Gasteiger partial charge in [-0.05, 0) is 93.6 Å². The van der Waals surface area contributed by atoms with Crippen LogP contribution in [-0.4, -0.2) is 52.5 Å². The number of nitro groups is 2. The van der Waals surface area contributed by atoms with Crippen LogP contribution in [0, 0.1) is 27.4 Å². The second-order valence-electron chi connectivity index (χ2n) is 12.7. The Morgan fingerprint density at radius 1 is 0.837 bits per heavy atom. The van der Waals surface area contributed by atoms with Crippen LogP contribution in [0.25, 0.3) is 0 Å². The van der Waals surface area contributed by atoms with Crippen molar-refractivity contribution in [3.05, 3.63) is 63.8 Å². The van der Waals surface area contributed by atoms with Gasteiger partial charge in [0.05, 0.1) is 23.1 Å². The number of rotatable bonds is 10. The highest BCUT2D eigenvalue weighted by molar-refractivity contribution is 14.1. The van der Waals surface area contributed by atoms with Crippen LogP contribution in [0.1, 0.15) is 41.5 Å². The topological polar surface area (TPSA) is 160 Å². The normalized spacial score (nSPS) is 11.8. The number of nitrogen functional groups attached to an aromatic ring is 1. The third-order valence-electron chi connectivity index (χ3n) is 7.36. The Balaban J connectivity index is 0.000000677. The summed E-state index contributed by atoms with van der Waals surface area (Å²) < 4.78 is 13.1. The average molecular weight is 861 g/mol. The largest absolute Gasteiger partial charge is 0.415 e. The van der Waals surface area contributed by atoms with E-state index in [1.165, 1.54) is 24.3 Å². The fourth-order valence-electron chi connectivity index (χ4n) is 2.56. The molecular formula is C28H46I2N4O7Si2. The van der Waals surface area contributed by atoms with Crippen molar-refractivity contribution in [3.63, 3.8) is 0 Å². The standard InChI is InChI=1S/C14H23IN2O3Si.C8H18O2Si.C6H5IN2O2/c1-14(2,3)21(4,5)20-9-8-16-13-7-6-11(17(18)19)10-12(13)15;1-8(2,3)11(4,5)10-7-6-9;7-5-3-4(9(10)11)1-2-6(5)8/h6-7,10,16H,8-9H2,1-5H3;6H,7H2,1-5H3;1-3H,8H2. The van der Waals surface area contributed by atoms with E-state index in [4.69, 9.17) is 14.6 Å². The first-order valence-electron chi connectivity index (χ1n) is 13.6. The quantitative estimate of drug-likeness (QED) is 0.0454. The second kappa shape index (κ2) is 17.7. The van der Waals surface area contributed by atoms with E-state index in [0.29, 0.717) is 22.4 Å². The lowest BCUT2D eigenvalue weighted by atomic mass is 10.2. The Kier molecular flexibility index (Phi) is 17.0. The van der Waals surface area contributed by atoms with Gasteiger partial charge >= 0.3 is 0 Å². The van der Waals surface area contributed by atoms with Gasteiger partial charge < -0.3 is 24.7 Å². The summed E-state index contributed by atoms with van der Waals surface area (Å²) in [5, 5.41) is 24.6. The van der Waals surface area contributed by atoms with Crippen LogP contribution >= 0.6 is 45.2 Å². The number of halogens is 2. The molecule has 3 N–H and O–H groups in total. The van der Waals surface area contributed by atoms with Gasteiger partial charge in [0.1, 0.15) is 6.29 Å². The molecule has 242 valence electrons. The van der Waals surface area contributed by atoms with E-state index in [0.717, 1.165) is 15.5 Å². The zero-order valence-electron chi connectivity index (χ0n) is 26.7. The summed E-state index contributed by atoms with van der Waals surface area (Å²) in [6.07, 6.45) is 0.820.